The van der Waals surface area contributed by atoms with E-state index in [1.165, 1.54) is 11.4 Å². The van der Waals surface area contributed by atoms with Crippen molar-refractivity contribution in [2.24, 2.45) is 0 Å². The van der Waals surface area contributed by atoms with Gasteiger partial charge in [-0.25, -0.2) is 0 Å². The van der Waals surface area contributed by atoms with Gasteiger partial charge in [0.05, 0.1) is 0 Å². The first kappa shape index (κ1) is 25.5. The van der Waals surface area contributed by atoms with Gasteiger partial charge in [0.1, 0.15) is 0 Å². The van der Waals surface area contributed by atoms with Crippen LogP contribution in [0.1, 0.15) is 69.5 Å². The number of unbranched alkanes of at least 4 members (excludes halogenated alkanes) is 1. The van der Waals surface area contributed by atoms with Crippen molar-refractivity contribution in [3.8, 4) is 0 Å². The van der Waals surface area contributed by atoms with E-state index in [1.54, 1.807) is 12.1 Å². The smallest absolute Gasteiger partial charge is 0.177 e. The SMILES string of the molecule is C=C.CC.CCCCc1[nH]c(=S)n2c1[C@]1(C)C[C@]1(c1[c-]c(C)ccc1F)C2.[Y]. The molecule has 1 N–H and O–H groups in total. The van der Waals surface area contributed by atoms with Gasteiger partial charge >= 0.3 is 0 Å². The van der Waals surface area contributed by atoms with Gasteiger partial charge in [0.15, 0.2) is 4.77 Å². The molecule has 1 saturated carbocycles. The van der Waals surface area contributed by atoms with Crippen molar-refractivity contribution in [3.05, 3.63) is 64.5 Å². The van der Waals surface area contributed by atoms with E-state index in [0.717, 1.165) is 48.1 Å². The maximum absolute atomic E-state index is 14.5. The molecule has 5 heteroatoms. The molecule has 0 amide bonds. The van der Waals surface area contributed by atoms with Crippen molar-refractivity contribution in [1.82, 2.24) is 9.55 Å². The zero-order valence-electron chi connectivity index (χ0n) is 17.9. The van der Waals surface area contributed by atoms with Gasteiger partial charge in [0.2, 0.25) is 0 Å². The summed E-state index contributed by atoms with van der Waals surface area (Å²) >= 11 is 5.53. The molecule has 1 aliphatic heterocycles. The second-order valence-electron chi connectivity index (χ2n) is 7.40. The van der Waals surface area contributed by atoms with Crippen LogP contribution in [-0.4, -0.2) is 9.55 Å². The zero-order valence-corrected chi connectivity index (χ0v) is 21.6. The zero-order chi connectivity index (χ0) is 20.4. The Bertz CT molecular complexity index is 872. The van der Waals surface area contributed by atoms with Crippen molar-refractivity contribution < 1.29 is 37.1 Å². The normalized spacial score (nSPS) is 23.2. The summed E-state index contributed by atoms with van der Waals surface area (Å²) in [6.07, 6.45) is 4.32. The van der Waals surface area contributed by atoms with Gasteiger partial charge in [-0.3, -0.25) is 4.39 Å². The summed E-state index contributed by atoms with van der Waals surface area (Å²) < 4.78 is 17.5. The average Bonchev–Trinajstić information content (AvgIpc) is 3.01. The van der Waals surface area contributed by atoms with E-state index in [4.69, 9.17) is 12.2 Å². The van der Waals surface area contributed by atoms with E-state index >= 15 is 0 Å². The summed E-state index contributed by atoms with van der Waals surface area (Å²) in [5.74, 6) is -0.130. The van der Waals surface area contributed by atoms with Crippen LogP contribution in [0.25, 0.3) is 0 Å². The third kappa shape index (κ3) is 3.89. The third-order valence-corrected chi connectivity index (χ3v) is 6.22. The van der Waals surface area contributed by atoms with E-state index in [9.17, 15) is 4.39 Å². The van der Waals surface area contributed by atoms with Crippen LogP contribution in [0.3, 0.4) is 0 Å². The predicted molar refractivity (Wildman–Crippen MR) is 114 cm³/mol. The minimum atomic E-state index is -0.165. The molecule has 28 heavy (non-hydrogen) atoms. The predicted octanol–water partition coefficient (Wildman–Crippen LogP) is 6.57. The number of nitrogens with zero attached hydrogens (tertiary/aromatic N) is 1. The van der Waals surface area contributed by atoms with Gasteiger partial charge in [-0.1, -0.05) is 41.0 Å². The third-order valence-electron chi connectivity index (χ3n) is 5.90. The molecule has 0 saturated heterocycles. The van der Waals surface area contributed by atoms with Crippen LogP contribution < -0.4 is 0 Å². The van der Waals surface area contributed by atoms with Crippen molar-refractivity contribution >= 4 is 12.2 Å². The maximum atomic E-state index is 14.5. The van der Waals surface area contributed by atoms with E-state index in [-0.39, 0.29) is 49.4 Å². The fraction of sp³-hybridized carbons (Fsp3) is 0.522. The number of hydrogen-bond acceptors (Lipinski definition) is 1. The van der Waals surface area contributed by atoms with Crippen molar-refractivity contribution in [1.29, 1.82) is 0 Å². The Morgan fingerprint density at radius 2 is 1.96 bits per heavy atom. The minimum Gasteiger partial charge on any atom is -0.334 e. The number of imidazole rings is 1. The number of benzene rings is 1. The van der Waals surface area contributed by atoms with Crippen LogP contribution in [-0.2, 0) is 56.5 Å². The number of nitrogens with one attached hydrogen (secondary N) is 1. The van der Waals surface area contributed by atoms with E-state index < -0.39 is 0 Å². The number of rotatable bonds is 4. The molecule has 151 valence electrons. The summed E-state index contributed by atoms with van der Waals surface area (Å²) in [7, 11) is 0. The monoisotopic (exact) mass is 476 g/mol. The summed E-state index contributed by atoms with van der Waals surface area (Å²) in [5.41, 5.74) is 4.13. The van der Waals surface area contributed by atoms with E-state index in [1.807, 2.05) is 20.8 Å². The topological polar surface area (TPSA) is 20.7 Å². The molecule has 0 spiro atoms. The fourth-order valence-corrected chi connectivity index (χ4v) is 4.86. The molecule has 1 aromatic heterocycles. The van der Waals surface area contributed by atoms with Crippen molar-refractivity contribution in [3.63, 3.8) is 0 Å². The number of fused-ring (bicyclic) bond motifs is 3. The van der Waals surface area contributed by atoms with Gasteiger partial charge in [0.25, 0.3) is 0 Å². The molecule has 2 nitrogen and oxygen atoms in total. The molecule has 4 rings (SSSR count). The first-order valence-corrected chi connectivity index (χ1v) is 10.3. The molecule has 1 aromatic carbocycles. The standard InChI is InChI=1S/C19H22FN2S.C2H6.C2H4.Y/c1-4-5-6-15-16-18(3)10-19(18,11-22(16)17(23)21-15)13-9-12(2)7-8-14(13)20;2*1-2;/h7-8H,4-6,10-11H2,1-3H3,(H,21,23);1-2H3;1-2H2;/q-1;;;/t18-,19+;;;/m0.../s1. The van der Waals surface area contributed by atoms with Crippen LogP contribution in [0.2, 0.25) is 0 Å². The Morgan fingerprint density at radius 1 is 1.32 bits per heavy atom. The Morgan fingerprint density at radius 3 is 2.57 bits per heavy atom. The average molecular weight is 476 g/mol. The number of H-pyrrole nitrogens is 1. The second kappa shape index (κ2) is 9.95. The fourth-order valence-electron chi connectivity index (χ4n) is 4.58. The maximum Gasteiger partial charge on any atom is 0.177 e. The molecule has 2 atom stereocenters. The molecular formula is C23H32FN2SY-. The number of aromatic nitrogens is 2. The Balaban J connectivity index is 0.000000739. The summed E-state index contributed by atoms with van der Waals surface area (Å²) in [4.78, 5) is 3.40. The molecule has 2 aromatic rings. The Hall–Kier alpha value is -0.576. The van der Waals surface area contributed by atoms with Crippen molar-refractivity contribution in [2.75, 3.05) is 0 Å². The van der Waals surface area contributed by atoms with Gasteiger partial charge in [0, 0.05) is 67.3 Å². The van der Waals surface area contributed by atoms with E-state index in [2.05, 4.69) is 42.6 Å². The Labute approximate surface area is 199 Å². The summed E-state index contributed by atoms with van der Waals surface area (Å²) in [6, 6.07) is 6.68. The van der Waals surface area contributed by atoms with Crippen LogP contribution in [0, 0.1) is 23.6 Å². The molecule has 1 radical (unpaired) electrons. The number of halogens is 1. The van der Waals surface area contributed by atoms with Gasteiger partial charge < -0.3 is 9.55 Å². The van der Waals surface area contributed by atoms with Crippen LogP contribution in [0.15, 0.2) is 25.3 Å². The molecule has 0 unspecified atom stereocenters. The molecule has 1 aliphatic carbocycles. The minimum absolute atomic E-state index is 0. The summed E-state index contributed by atoms with van der Waals surface area (Å²) in [6.45, 7) is 17.2. The van der Waals surface area contributed by atoms with E-state index in [0.29, 0.717) is 0 Å². The Kier molecular flexibility index (Phi) is 9.05. The molecule has 1 fully saturated rings. The van der Waals surface area contributed by atoms with Crippen molar-refractivity contribution in [2.45, 2.75) is 77.7 Å². The quantitative estimate of drug-likeness (QED) is 0.301. The number of aromatic amines is 1. The second-order valence-corrected chi connectivity index (χ2v) is 7.79. The van der Waals surface area contributed by atoms with Gasteiger partial charge in [-0.15, -0.1) is 24.8 Å². The largest absolute Gasteiger partial charge is 0.334 e. The molecule has 2 aliphatic rings. The van der Waals surface area contributed by atoms with Crippen LogP contribution >= 0.6 is 12.2 Å². The first-order valence-electron chi connectivity index (χ1n) is 9.94. The number of hydrogen-bond donors (Lipinski definition) is 1. The summed E-state index contributed by atoms with van der Waals surface area (Å²) in [5, 5.41) is 0. The van der Waals surface area contributed by atoms with Gasteiger partial charge in [-0.05, 0) is 31.5 Å². The molecular weight excluding hydrogens is 444 g/mol. The first-order chi connectivity index (χ1) is 12.9. The van der Waals surface area contributed by atoms with Crippen LogP contribution in [0.5, 0.6) is 0 Å². The van der Waals surface area contributed by atoms with Gasteiger partial charge in [-0.2, -0.15) is 17.7 Å². The molecule has 0 bridgehead atoms. The molecule has 2 heterocycles. The number of aryl methyl sites for hydroxylation is 2. The van der Waals surface area contributed by atoms with Crippen LogP contribution in [0.4, 0.5) is 4.39 Å².